The van der Waals surface area contributed by atoms with Crippen LogP contribution < -0.4 is 5.32 Å². The lowest BCUT2D eigenvalue weighted by molar-refractivity contribution is -0.152. The maximum absolute atomic E-state index is 11.6. The number of amides is 1. The van der Waals surface area contributed by atoms with Crippen LogP contribution in [0.15, 0.2) is 30.3 Å². The Morgan fingerprint density at radius 3 is 2.76 bits per heavy atom. The summed E-state index contributed by atoms with van der Waals surface area (Å²) in [5.74, 6) is -0.528. The van der Waals surface area contributed by atoms with Crippen molar-refractivity contribution in [2.45, 2.75) is 19.1 Å². The van der Waals surface area contributed by atoms with Crippen molar-refractivity contribution < 1.29 is 19.1 Å². The first-order valence-electron chi connectivity index (χ1n) is 5.41. The molecule has 0 saturated carbocycles. The average Bonchev–Trinajstić information content (AvgIpc) is 2.73. The first-order chi connectivity index (χ1) is 8.22. The molecule has 1 fully saturated rings. The van der Waals surface area contributed by atoms with Gasteiger partial charge in [0.05, 0.1) is 6.61 Å². The summed E-state index contributed by atoms with van der Waals surface area (Å²) < 4.78 is 9.79. The van der Waals surface area contributed by atoms with Crippen LogP contribution in [0.2, 0.25) is 0 Å². The third kappa shape index (κ3) is 2.38. The van der Waals surface area contributed by atoms with E-state index >= 15 is 0 Å². The fourth-order valence-corrected chi connectivity index (χ4v) is 1.75. The first kappa shape index (κ1) is 11.4. The zero-order valence-electron chi connectivity index (χ0n) is 9.38. The van der Waals surface area contributed by atoms with Crippen molar-refractivity contribution in [1.29, 1.82) is 0 Å². The van der Waals surface area contributed by atoms with E-state index in [2.05, 4.69) is 5.32 Å². The zero-order valence-corrected chi connectivity index (χ0v) is 9.38. The van der Waals surface area contributed by atoms with Crippen molar-refractivity contribution in [2.24, 2.45) is 0 Å². The SMILES string of the molecule is CCOC(=O)[C@H]1OC(=O)N[C@@H]1c1ccccc1. The average molecular weight is 235 g/mol. The molecule has 2 rings (SSSR count). The van der Waals surface area contributed by atoms with Crippen molar-refractivity contribution in [1.82, 2.24) is 5.32 Å². The van der Waals surface area contributed by atoms with Crippen LogP contribution in [0.5, 0.6) is 0 Å². The molecule has 1 aliphatic rings. The highest BCUT2D eigenvalue weighted by atomic mass is 16.6. The lowest BCUT2D eigenvalue weighted by Crippen LogP contribution is -2.30. The van der Waals surface area contributed by atoms with Gasteiger partial charge in [0.1, 0.15) is 6.04 Å². The zero-order chi connectivity index (χ0) is 12.3. The van der Waals surface area contributed by atoms with E-state index in [1.807, 2.05) is 30.3 Å². The second-order valence-electron chi connectivity index (χ2n) is 3.61. The van der Waals surface area contributed by atoms with E-state index in [1.165, 1.54) is 0 Å². The molecule has 1 aliphatic heterocycles. The minimum absolute atomic E-state index is 0.258. The van der Waals surface area contributed by atoms with Crippen LogP contribution in [-0.2, 0) is 14.3 Å². The maximum atomic E-state index is 11.6. The van der Waals surface area contributed by atoms with Crippen LogP contribution >= 0.6 is 0 Å². The number of cyclic esters (lactones) is 1. The fourth-order valence-electron chi connectivity index (χ4n) is 1.75. The molecule has 17 heavy (non-hydrogen) atoms. The van der Waals surface area contributed by atoms with Gasteiger partial charge in [-0.1, -0.05) is 30.3 Å². The van der Waals surface area contributed by atoms with Crippen molar-refractivity contribution >= 4 is 12.1 Å². The predicted molar refractivity (Wildman–Crippen MR) is 59.2 cm³/mol. The number of carbonyl (C=O) groups excluding carboxylic acids is 2. The summed E-state index contributed by atoms with van der Waals surface area (Å²) in [4.78, 5) is 22.8. The monoisotopic (exact) mass is 235 g/mol. The van der Waals surface area contributed by atoms with Gasteiger partial charge in [0.2, 0.25) is 6.10 Å². The van der Waals surface area contributed by atoms with Gasteiger partial charge in [0, 0.05) is 0 Å². The van der Waals surface area contributed by atoms with Gasteiger partial charge >= 0.3 is 12.1 Å². The molecule has 1 amide bonds. The molecular formula is C12H13NO4. The van der Waals surface area contributed by atoms with Gasteiger partial charge in [-0.3, -0.25) is 0 Å². The molecule has 1 heterocycles. The summed E-state index contributed by atoms with van der Waals surface area (Å²) in [6.07, 6.45) is -1.51. The molecule has 2 atom stereocenters. The van der Waals surface area contributed by atoms with E-state index in [0.717, 1.165) is 5.56 Å². The summed E-state index contributed by atoms with van der Waals surface area (Å²) in [6.45, 7) is 1.97. The molecule has 1 aromatic carbocycles. The normalized spacial score (nSPS) is 22.8. The van der Waals surface area contributed by atoms with Gasteiger partial charge in [-0.15, -0.1) is 0 Å². The summed E-state index contributed by atoms with van der Waals surface area (Å²) >= 11 is 0. The summed E-state index contributed by atoms with van der Waals surface area (Å²) in [6, 6.07) is 8.70. The van der Waals surface area contributed by atoms with E-state index in [0.29, 0.717) is 0 Å². The molecule has 1 aromatic rings. The van der Waals surface area contributed by atoms with Crippen molar-refractivity contribution in [3.8, 4) is 0 Å². The molecular weight excluding hydrogens is 222 g/mol. The summed E-state index contributed by atoms with van der Waals surface area (Å²) in [7, 11) is 0. The minimum atomic E-state index is -0.912. The van der Waals surface area contributed by atoms with E-state index in [4.69, 9.17) is 9.47 Å². The molecule has 0 aromatic heterocycles. The van der Waals surface area contributed by atoms with E-state index in [-0.39, 0.29) is 6.61 Å². The number of hydrogen-bond donors (Lipinski definition) is 1. The molecule has 90 valence electrons. The molecule has 5 heteroatoms. The standard InChI is InChI=1S/C12H13NO4/c1-2-16-11(14)10-9(13-12(15)17-10)8-6-4-3-5-7-8/h3-7,9-10H,2H2,1H3,(H,13,15)/t9-,10+/m1/s1. The summed E-state index contributed by atoms with van der Waals surface area (Å²) in [5.41, 5.74) is 0.816. The first-order valence-corrected chi connectivity index (χ1v) is 5.41. The van der Waals surface area contributed by atoms with Gasteiger partial charge in [0.15, 0.2) is 0 Å². The molecule has 0 unspecified atom stereocenters. The number of esters is 1. The minimum Gasteiger partial charge on any atom is -0.463 e. The third-order valence-electron chi connectivity index (χ3n) is 2.49. The Hall–Kier alpha value is -2.04. The molecule has 0 bridgehead atoms. The fraction of sp³-hybridized carbons (Fsp3) is 0.333. The van der Waals surface area contributed by atoms with Gasteiger partial charge in [-0.2, -0.15) is 0 Å². The highest BCUT2D eigenvalue weighted by Crippen LogP contribution is 2.25. The molecule has 0 spiro atoms. The lowest BCUT2D eigenvalue weighted by atomic mass is 10.0. The molecule has 0 aliphatic carbocycles. The van der Waals surface area contributed by atoms with E-state index < -0.39 is 24.2 Å². The van der Waals surface area contributed by atoms with Gasteiger partial charge < -0.3 is 14.8 Å². The smallest absolute Gasteiger partial charge is 0.408 e. The third-order valence-corrected chi connectivity index (χ3v) is 2.49. The predicted octanol–water partition coefficient (Wildman–Crippen LogP) is 1.40. The van der Waals surface area contributed by atoms with Crippen LogP contribution in [0.3, 0.4) is 0 Å². The number of carbonyl (C=O) groups is 2. The molecule has 5 nitrogen and oxygen atoms in total. The van der Waals surface area contributed by atoms with Gasteiger partial charge in [-0.05, 0) is 12.5 Å². The van der Waals surface area contributed by atoms with Gasteiger partial charge in [0.25, 0.3) is 0 Å². The van der Waals surface area contributed by atoms with E-state index in [9.17, 15) is 9.59 Å². The van der Waals surface area contributed by atoms with Crippen LogP contribution in [0.25, 0.3) is 0 Å². The largest absolute Gasteiger partial charge is 0.463 e. The molecule has 1 saturated heterocycles. The van der Waals surface area contributed by atoms with Crippen LogP contribution in [0.4, 0.5) is 4.79 Å². The number of rotatable bonds is 3. The lowest BCUT2D eigenvalue weighted by Gasteiger charge is -2.15. The Bertz CT molecular complexity index is 418. The number of nitrogens with one attached hydrogen (secondary N) is 1. The maximum Gasteiger partial charge on any atom is 0.408 e. The second kappa shape index (κ2) is 4.86. The molecule has 1 N–H and O–H groups in total. The number of ether oxygens (including phenoxy) is 2. The van der Waals surface area contributed by atoms with E-state index in [1.54, 1.807) is 6.92 Å². The number of hydrogen-bond acceptors (Lipinski definition) is 4. The van der Waals surface area contributed by atoms with Crippen molar-refractivity contribution in [3.63, 3.8) is 0 Å². The van der Waals surface area contributed by atoms with Crippen LogP contribution in [-0.4, -0.2) is 24.8 Å². The Morgan fingerprint density at radius 1 is 1.41 bits per heavy atom. The Labute approximate surface area is 98.7 Å². The number of benzene rings is 1. The number of alkyl carbamates (subject to hydrolysis) is 1. The van der Waals surface area contributed by atoms with Crippen LogP contribution in [0, 0.1) is 0 Å². The van der Waals surface area contributed by atoms with Gasteiger partial charge in [-0.25, -0.2) is 9.59 Å². The quantitative estimate of drug-likeness (QED) is 0.804. The Kier molecular flexibility index (Phi) is 3.27. The van der Waals surface area contributed by atoms with Crippen molar-refractivity contribution in [2.75, 3.05) is 6.61 Å². The van der Waals surface area contributed by atoms with Crippen LogP contribution in [0.1, 0.15) is 18.5 Å². The second-order valence-corrected chi connectivity index (χ2v) is 3.61. The molecule has 0 radical (unpaired) electrons. The topological polar surface area (TPSA) is 64.6 Å². The Morgan fingerprint density at radius 2 is 2.12 bits per heavy atom. The highest BCUT2D eigenvalue weighted by Gasteiger charge is 2.41. The van der Waals surface area contributed by atoms with Crippen molar-refractivity contribution in [3.05, 3.63) is 35.9 Å². The Balaban J connectivity index is 2.20. The summed E-state index contributed by atoms with van der Waals surface area (Å²) in [5, 5.41) is 2.60. The highest BCUT2D eigenvalue weighted by molar-refractivity contribution is 5.83.